The van der Waals surface area contributed by atoms with E-state index in [1.165, 1.54) is 4.90 Å². The topological polar surface area (TPSA) is 89.5 Å². The van der Waals surface area contributed by atoms with E-state index in [-0.39, 0.29) is 10.8 Å². The highest BCUT2D eigenvalue weighted by atomic mass is 16.6. The van der Waals surface area contributed by atoms with Crippen LogP contribution in [0.25, 0.3) is 0 Å². The van der Waals surface area contributed by atoms with Crippen molar-refractivity contribution in [1.29, 1.82) is 0 Å². The Morgan fingerprint density at radius 3 is 2.72 bits per heavy atom. The van der Waals surface area contributed by atoms with Crippen LogP contribution in [0.3, 0.4) is 0 Å². The Morgan fingerprint density at radius 2 is 2.28 bits per heavy atom. The largest absolute Gasteiger partial charge is 0.361 e. The van der Waals surface area contributed by atoms with Gasteiger partial charge in [-0.3, -0.25) is 14.9 Å². The SMILES string of the molecule is Cc1noc(C)c1CN(C)C(=O)C1CC1[N+](=O)[O-]. The first-order chi connectivity index (χ1) is 8.41. The third-order valence-corrected chi connectivity index (χ3v) is 3.30. The van der Waals surface area contributed by atoms with Crippen molar-refractivity contribution in [3.05, 3.63) is 27.1 Å². The Balaban J connectivity index is 1.99. The lowest BCUT2D eigenvalue weighted by atomic mass is 10.2. The van der Waals surface area contributed by atoms with Crippen LogP contribution in [-0.4, -0.2) is 34.0 Å². The summed E-state index contributed by atoms with van der Waals surface area (Å²) in [5.41, 5.74) is 1.61. The molecule has 0 radical (unpaired) electrons. The molecule has 1 amide bonds. The molecule has 1 fully saturated rings. The van der Waals surface area contributed by atoms with Crippen molar-refractivity contribution in [2.75, 3.05) is 7.05 Å². The van der Waals surface area contributed by atoms with Gasteiger partial charge in [0.1, 0.15) is 11.7 Å². The zero-order valence-corrected chi connectivity index (χ0v) is 10.5. The molecule has 1 aromatic heterocycles. The first-order valence-electron chi connectivity index (χ1n) is 5.72. The van der Waals surface area contributed by atoms with Gasteiger partial charge in [0, 0.05) is 24.0 Å². The summed E-state index contributed by atoms with van der Waals surface area (Å²) < 4.78 is 5.02. The predicted molar refractivity (Wildman–Crippen MR) is 61.3 cm³/mol. The van der Waals surface area contributed by atoms with Crippen LogP contribution in [-0.2, 0) is 11.3 Å². The molecule has 2 rings (SSSR count). The summed E-state index contributed by atoms with van der Waals surface area (Å²) in [6, 6.07) is -0.704. The predicted octanol–water partition coefficient (Wildman–Crippen LogP) is 0.915. The first kappa shape index (κ1) is 12.5. The second-order valence-electron chi connectivity index (χ2n) is 4.69. The van der Waals surface area contributed by atoms with Crippen LogP contribution < -0.4 is 0 Å². The molecular formula is C11H15N3O4. The maximum Gasteiger partial charge on any atom is 0.232 e. The van der Waals surface area contributed by atoms with Crippen LogP contribution in [0.1, 0.15) is 23.4 Å². The van der Waals surface area contributed by atoms with E-state index >= 15 is 0 Å². The Bertz CT molecular complexity index is 477. The summed E-state index contributed by atoms with van der Waals surface area (Å²) in [5.74, 6) is 0.0240. The number of aryl methyl sites for hydroxylation is 2. The van der Waals surface area contributed by atoms with Gasteiger partial charge in [-0.15, -0.1) is 0 Å². The lowest BCUT2D eigenvalue weighted by molar-refractivity contribution is -0.497. The van der Waals surface area contributed by atoms with Crippen LogP contribution in [0.15, 0.2) is 4.52 Å². The minimum Gasteiger partial charge on any atom is -0.361 e. The average Bonchev–Trinajstić information content (AvgIpc) is 3.05. The van der Waals surface area contributed by atoms with E-state index in [0.29, 0.717) is 18.7 Å². The first-order valence-corrected chi connectivity index (χ1v) is 5.72. The lowest BCUT2D eigenvalue weighted by Crippen LogP contribution is -2.29. The fourth-order valence-corrected chi connectivity index (χ4v) is 2.01. The summed E-state index contributed by atoms with van der Waals surface area (Å²) in [6.45, 7) is 3.96. The maximum atomic E-state index is 11.9. The van der Waals surface area contributed by atoms with Crippen LogP contribution >= 0.6 is 0 Å². The second-order valence-corrected chi connectivity index (χ2v) is 4.69. The molecule has 2 unspecified atom stereocenters. The molecular weight excluding hydrogens is 238 g/mol. The fourth-order valence-electron chi connectivity index (χ4n) is 2.01. The van der Waals surface area contributed by atoms with Crippen LogP contribution in [0.4, 0.5) is 0 Å². The number of hydrogen-bond donors (Lipinski definition) is 0. The Labute approximate surface area is 104 Å². The zero-order chi connectivity index (χ0) is 13.4. The molecule has 7 nitrogen and oxygen atoms in total. The van der Waals surface area contributed by atoms with E-state index in [1.54, 1.807) is 20.9 Å². The second kappa shape index (κ2) is 4.40. The molecule has 98 valence electrons. The number of rotatable bonds is 4. The van der Waals surface area contributed by atoms with Gasteiger partial charge in [-0.05, 0) is 13.8 Å². The number of carbonyl (C=O) groups excluding carboxylic acids is 1. The van der Waals surface area contributed by atoms with Crippen molar-refractivity contribution in [3.63, 3.8) is 0 Å². The van der Waals surface area contributed by atoms with Gasteiger partial charge in [-0.25, -0.2) is 0 Å². The third-order valence-electron chi connectivity index (χ3n) is 3.30. The van der Waals surface area contributed by atoms with E-state index in [2.05, 4.69) is 5.16 Å². The van der Waals surface area contributed by atoms with Crippen LogP contribution in [0.5, 0.6) is 0 Å². The molecule has 2 atom stereocenters. The summed E-state index contributed by atoms with van der Waals surface area (Å²) in [6.07, 6.45) is 0.345. The number of nitro groups is 1. The quantitative estimate of drug-likeness (QED) is 0.587. The zero-order valence-electron chi connectivity index (χ0n) is 10.5. The van der Waals surface area contributed by atoms with E-state index in [0.717, 1.165) is 11.3 Å². The number of nitrogens with zero attached hydrogens (tertiary/aromatic N) is 3. The van der Waals surface area contributed by atoms with Gasteiger partial charge in [0.2, 0.25) is 11.9 Å². The van der Waals surface area contributed by atoms with E-state index in [9.17, 15) is 14.9 Å². The van der Waals surface area contributed by atoms with Crippen molar-refractivity contribution < 1.29 is 14.2 Å². The molecule has 1 heterocycles. The molecule has 1 aliphatic rings. The van der Waals surface area contributed by atoms with Crippen molar-refractivity contribution in [1.82, 2.24) is 10.1 Å². The molecule has 1 aromatic rings. The molecule has 0 N–H and O–H groups in total. The summed E-state index contributed by atoms with van der Waals surface area (Å²) in [7, 11) is 1.64. The molecule has 0 aliphatic heterocycles. The fraction of sp³-hybridized carbons (Fsp3) is 0.636. The molecule has 0 saturated heterocycles. The summed E-state index contributed by atoms with van der Waals surface area (Å²) >= 11 is 0. The Kier molecular flexibility index (Phi) is 3.06. The van der Waals surface area contributed by atoms with Gasteiger partial charge in [-0.2, -0.15) is 0 Å². The monoisotopic (exact) mass is 253 g/mol. The molecule has 7 heteroatoms. The van der Waals surface area contributed by atoms with E-state index < -0.39 is 12.0 Å². The summed E-state index contributed by atoms with van der Waals surface area (Å²) in [5, 5.41) is 14.3. The van der Waals surface area contributed by atoms with Gasteiger partial charge in [-0.1, -0.05) is 5.16 Å². The molecule has 1 saturated carbocycles. The van der Waals surface area contributed by atoms with Crippen LogP contribution in [0.2, 0.25) is 0 Å². The van der Waals surface area contributed by atoms with Gasteiger partial charge in [0.05, 0.1) is 12.2 Å². The van der Waals surface area contributed by atoms with Gasteiger partial charge < -0.3 is 9.42 Å². The van der Waals surface area contributed by atoms with E-state index in [4.69, 9.17) is 4.52 Å². The lowest BCUT2D eigenvalue weighted by Gasteiger charge is -2.16. The van der Waals surface area contributed by atoms with Gasteiger partial charge >= 0.3 is 0 Å². The maximum absolute atomic E-state index is 11.9. The smallest absolute Gasteiger partial charge is 0.232 e. The van der Waals surface area contributed by atoms with Gasteiger partial charge in [0.15, 0.2) is 0 Å². The van der Waals surface area contributed by atoms with Crippen LogP contribution in [0, 0.1) is 29.9 Å². The number of aromatic nitrogens is 1. The third kappa shape index (κ3) is 2.20. The van der Waals surface area contributed by atoms with E-state index in [1.807, 2.05) is 0 Å². The standard InChI is InChI=1S/C11H15N3O4/c1-6-9(7(2)18-12-6)5-13(3)11(15)8-4-10(8)14(16)17/h8,10H,4-5H2,1-3H3. The number of hydrogen-bond acceptors (Lipinski definition) is 5. The number of amides is 1. The van der Waals surface area contributed by atoms with Gasteiger partial charge in [0.25, 0.3) is 0 Å². The highest BCUT2D eigenvalue weighted by Crippen LogP contribution is 2.34. The minimum absolute atomic E-state index is 0.184. The highest BCUT2D eigenvalue weighted by molar-refractivity contribution is 5.81. The summed E-state index contributed by atoms with van der Waals surface area (Å²) in [4.78, 5) is 23.6. The molecule has 0 bridgehead atoms. The molecule has 18 heavy (non-hydrogen) atoms. The minimum atomic E-state index is -0.704. The van der Waals surface area contributed by atoms with Crippen molar-refractivity contribution in [2.45, 2.75) is 32.9 Å². The number of carbonyl (C=O) groups is 1. The molecule has 0 spiro atoms. The van der Waals surface area contributed by atoms with Crippen molar-refractivity contribution in [3.8, 4) is 0 Å². The van der Waals surface area contributed by atoms with Crippen molar-refractivity contribution in [2.24, 2.45) is 5.92 Å². The normalized spacial score (nSPS) is 21.7. The Morgan fingerprint density at radius 1 is 1.61 bits per heavy atom. The Hall–Kier alpha value is -1.92. The highest BCUT2D eigenvalue weighted by Gasteiger charge is 2.54. The average molecular weight is 253 g/mol. The van der Waals surface area contributed by atoms with Crippen molar-refractivity contribution >= 4 is 5.91 Å². The molecule has 1 aliphatic carbocycles. The molecule has 0 aromatic carbocycles.